The molecule has 2 aromatic heterocycles. The van der Waals surface area contributed by atoms with Crippen molar-refractivity contribution in [3.8, 4) is 0 Å². The lowest BCUT2D eigenvalue weighted by molar-refractivity contribution is 0.426. The minimum atomic E-state index is 0.145. The molecule has 110 valence electrons. The second kappa shape index (κ2) is 5.58. The van der Waals surface area contributed by atoms with Crippen molar-refractivity contribution in [3.05, 3.63) is 46.2 Å². The van der Waals surface area contributed by atoms with E-state index in [4.69, 9.17) is 0 Å². The Morgan fingerprint density at radius 3 is 2.67 bits per heavy atom. The van der Waals surface area contributed by atoms with E-state index in [0.29, 0.717) is 0 Å². The summed E-state index contributed by atoms with van der Waals surface area (Å²) in [5.74, 6) is 0. The fraction of sp³-hybridized carbons (Fsp3) is 0.375. The van der Waals surface area contributed by atoms with E-state index >= 15 is 0 Å². The maximum Gasteiger partial charge on any atom is 0.113 e. The van der Waals surface area contributed by atoms with Gasteiger partial charge in [0.25, 0.3) is 0 Å². The van der Waals surface area contributed by atoms with Gasteiger partial charge < -0.3 is 5.32 Å². The van der Waals surface area contributed by atoms with E-state index in [9.17, 15) is 0 Å². The van der Waals surface area contributed by atoms with Crippen molar-refractivity contribution in [1.82, 2.24) is 20.3 Å². The average Bonchev–Trinajstić information content (AvgIpc) is 3.04. The Kier molecular flexibility index (Phi) is 3.78. The number of hydrogen-bond acceptors (Lipinski definition) is 4. The molecule has 0 aliphatic heterocycles. The topological polar surface area (TPSA) is 42.7 Å². The summed E-state index contributed by atoms with van der Waals surface area (Å²) in [6.07, 6.45) is 0. The largest absolute Gasteiger partial charge is 0.307 e. The predicted octanol–water partition coefficient (Wildman–Crippen LogP) is 3.43. The first kappa shape index (κ1) is 14.2. The van der Waals surface area contributed by atoms with Crippen LogP contribution >= 0.6 is 11.3 Å². The van der Waals surface area contributed by atoms with Gasteiger partial charge in [0.1, 0.15) is 5.52 Å². The van der Waals surface area contributed by atoms with Crippen LogP contribution < -0.4 is 5.32 Å². The van der Waals surface area contributed by atoms with Gasteiger partial charge in [0, 0.05) is 21.8 Å². The second-order valence-corrected chi connectivity index (χ2v) is 7.46. The standard InChI is InChI=1S/C16H20N4S/c1-16(2,3)17-10-12-8-9-13(21-12)11-20-15-7-5-4-6-14(15)18-19-20/h4-9,17H,10-11H2,1-3H3. The summed E-state index contributed by atoms with van der Waals surface area (Å²) >= 11 is 1.83. The molecule has 3 aromatic rings. The zero-order chi connectivity index (χ0) is 14.9. The molecule has 4 nitrogen and oxygen atoms in total. The molecule has 0 atom stereocenters. The summed E-state index contributed by atoms with van der Waals surface area (Å²) < 4.78 is 1.96. The number of aromatic nitrogens is 3. The van der Waals surface area contributed by atoms with E-state index in [1.807, 2.05) is 34.2 Å². The van der Waals surface area contributed by atoms with Crippen molar-refractivity contribution in [2.45, 2.75) is 39.4 Å². The zero-order valence-corrected chi connectivity index (χ0v) is 13.4. The van der Waals surface area contributed by atoms with Gasteiger partial charge in [0.15, 0.2) is 0 Å². The monoisotopic (exact) mass is 300 g/mol. The molecule has 0 saturated heterocycles. The molecule has 3 rings (SSSR count). The SMILES string of the molecule is CC(C)(C)NCc1ccc(Cn2nnc3ccccc32)s1. The third-order valence-corrected chi connectivity index (χ3v) is 4.31. The summed E-state index contributed by atoms with van der Waals surface area (Å²) in [5.41, 5.74) is 2.18. The lowest BCUT2D eigenvalue weighted by atomic mass is 10.1. The van der Waals surface area contributed by atoms with Crippen molar-refractivity contribution in [2.24, 2.45) is 0 Å². The Morgan fingerprint density at radius 2 is 1.86 bits per heavy atom. The highest BCUT2D eigenvalue weighted by Crippen LogP contribution is 2.20. The van der Waals surface area contributed by atoms with E-state index < -0.39 is 0 Å². The molecule has 5 heteroatoms. The Labute approximate surface area is 128 Å². The molecule has 21 heavy (non-hydrogen) atoms. The van der Waals surface area contributed by atoms with Gasteiger partial charge in [0.05, 0.1) is 12.1 Å². The van der Waals surface area contributed by atoms with E-state index in [1.54, 1.807) is 0 Å². The van der Waals surface area contributed by atoms with Gasteiger partial charge in [-0.3, -0.25) is 0 Å². The number of para-hydroxylation sites is 1. The number of nitrogens with one attached hydrogen (secondary N) is 1. The molecule has 1 N–H and O–H groups in total. The second-order valence-electron chi connectivity index (χ2n) is 6.21. The molecule has 0 aliphatic rings. The highest BCUT2D eigenvalue weighted by molar-refractivity contribution is 7.11. The smallest absolute Gasteiger partial charge is 0.113 e. The van der Waals surface area contributed by atoms with Gasteiger partial charge in [-0.05, 0) is 45.0 Å². The molecule has 0 radical (unpaired) electrons. The molecule has 0 unspecified atom stereocenters. The maximum atomic E-state index is 4.24. The fourth-order valence-electron chi connectivity index (χ4n) is 2.14. The first-order chi connectivity index (χ1) is 10.0. The average molecular weight is 300 g/mol. The highest BCUT2D eigenvalue weighted by Gasteiger charge is 2.10. The van der Waals surface area contributed by atoms with E-state index in [-0.39, 0.29) is 5.54 Å². The van der Waals surface area contributed by atoms with Crippen molar-refractivity contribution >= 4 is 22.4 Å². The number of rotatable bonds is 4. The van der Waals surface area contributed by atoms with E-state index in [0.717, 1.165) is 24.1 Å². The highest BCUT2D eigenvalue weighted by atomic mass is 32.1. The predicted molar refractivity (Wildman–Crippen MR) is 87.5 cm³/mol. The summed E-state index contributed by atoms with van der Waals surface area (Å²) in [6.45, 7) is 8.24. The minimum Gasteiger partial charge on any atom is -0.307 e. The van der Waals surface area contributed by atoms with Crippen molar-refractivity contribution in [3.63, 3.8) is 0 Å². The third-order valence-electron chi connectivity index (χ3n) is 3.24. The molecule has 2 heterocycles. The van der Waals surface area contributed by atoms with Gasteiger partial charge in [-0.2, -0.15) is 0 Å². The quantitative estimate of drug-likeness (QED) is 0.802. The Balaban J connectivity index is 1.72. The first-order valence-corrected chi connectivity index (χ1v) is 7.94. The van der Waals surface area contributed by atoms with Crippen LogP contribution in [0.25, 0.3) is 11.0 Å². The number of benzene rings is 1. The van der Waals surface area contributed by atoms with Crippen molar-refractivity contribution in [2.75, 3.05) is 0 Å². The molecular weight excluding hydrogens is 280 g/mol. The van der Waals surface area contributed by atoms with Crippen LogP contribution in [-0.2, 0) is 13.1 Å². The number of fused-ring (bicyclic) bond motifs is 1. The van der Waals surface area contributed by atoms with Crippen LogP contribution in [-0.4, -0.2) is 20.5 Å². The van der Waals surface area contributed by atoms with Gasteiger partial charge >= 0.3 is 0 Å². The third kappa shape index (κ3) is 3.49. The molecule has 0 amide bonds. The number of thiophene rings is 1. The lowest BCUT2D eigenvalue weighted by Crippen LogP contribution is -2.34. The Morgan fingerprint density at radius 1 is 1.10 bits per heavy atom. The molecular formula is C16H20N4S. The van der Waals surface area contributed by atoms with Crippen LogP contribution in [0.1, 0.15) is 30.5 Å². The first-order valence-electron chi connectivity index (χ1n) is 7.12. The van der Waals surface area contributed by atoms with Crippen LogP contribution in [0.4, 0.5) is 0 Å². The van der Waals surface area contributed by atoms with Crippen LogP contribution in [0.3, 0.4) is 0 Å². The van der Waals surface area contributed by atoms with E-state index in [2.05, 4.69) is 54.6 Å². The van der Waals surface area contributed by atoms with Crippen molar-refractivity contribution in [1.29, 1.82) is 0 Å². The molecule has 0 bridgehead atoms. The lowest BCUT2D eigenvalue weighted by Gasteiger charge is -2.19. The molecule has 1 aromatic carbocycles. The maximum absolute atomic E-state index is 4.24. The summed E-state index contributed by atoms with van der Waals surface area (Å²) in [6, 6.07) is 12.4. The van der Waals surface area contributed by atoms with E-state index in [1.165, 1.54) is 9.75 Å². The molecule has 0 spiro atoms. The Hall–Kier alpha value is -1.72. The molecule has 0 fully saturated rings. The zero-order valence-electron chi connectivity index (χ0n) is 12.6. The normalized spacial score (nSPS) is 12.1. The van der Waals surface area contributed by atoms with Crippen molar-refractivity contribution < 1.29 is 0 Å². The molecule has 0 saturated carbocycles. The molecule has 0 aliphatic carbocycles. The summed E-state index contributed by atoms with van der Waals surface area (Å²) in [4.78, 5) is 2.65. The van der Waals surface area contributed by atoms with Crippen LogP contribution in [0.5, 0.6) is 0 Å². The fourth-order valence-corrected chi connectivity index (χ4v) is 3.08. The minimum absolute atomic E-state index is 0.145. The van der Waals surface area contributed by atoms with Gasteiger partial charge in [0.2, 0.25) is 0 Å². The van der Waals surface area contributed by atoms with Gasteiger partial charge in [-0.1, -0.05) is 17.3 Å². The van der Waals surface area contributed by atoms with Crippen LogP contribution in [0.2, 0.25) is 0 Å². The van der Waals surface area contributed by atoms with Gasteiger partial charge in [-0.15, -0.1) is 16.4 Å². The van der Waals surface area contributed by atoms with Crippen LogP contribution in [0.15, 0.2) is 36.4 Å². The van der Waals surface area contributed by atoms with Gasteiger partial charge in [-0.25, -0.2) is 4.68 Å². The number of nitrogens with zero attached hydrogens (tertiary/aromatic N) is 3. The Bertz CT molecular complexity index is 736. The van der Waals surface area contributed by atoms with Crippen LogP contribution in [0, 0.1) is 0 Å². The number of hydrogen-bond donors (Lipinski definition) is 1. The summed E-state index contributed by atoms with van der Waals surface area (Å²) in [5, 5.41) is 12.0. The summed E-state index contributed by atoms with van der Waals surface area (Å²) in [7, 11) is 0.